The number of thiocarbonyl (C=S) groups is 1. The molecule has 1 aromatic heterocycles. The Morgan fingerprint density at radius 1 is 1.50 bits per heavy atom. The molecule has 6 heteroatoms. The third-order valence-electron chi connectivity index (χ3n) is 2.58. The molecule has 5 nitrogen and oxygen atoms in total. The van der Waals surface area contributed by atoms with Gasteiger partial charge in [0.15, 0.2) is 0 Å². The van der Waals surface area contributed by atoms with E-state index in [4.69, 9.17) is 18.0 Å². The van der Waals surface area contributed by atoms with Crippen LogP contribution in [0.2, 0.25) is 0 Å². The van der Waals surface area contributed by atoms with Crippen molar-refractivity contribution >= 4 is 28.9 Å². The van der Waals surface area contributed by atoms with E-state index in [1.54, 1.807) is 23.2 Å². The van der Waals surface area contributed by atoms with Gasteiger partial charge in [0.1, 0.15) is 10.8 Å². The predicted octanol–water partition coefficient (Wildman–Crippen LogP) is 0.996. The van der Waals surface area contributed by atoms with Gasteiger partial charge in [-0.3, -0.25) is 4.79 Å². The smallest absolute Gasteiger partial charge is 0.241 e. The molecule has 0 aliphatic rings. The highest BCUT2D eigenvalue weighted by Gasteiger charge is 2.09. The van der Waals surface area contributed by atoms with Gasteiger partial charge < -0.3 is 16.0 Å². The van der Waals surface area contributed by atoms with Gasteiger partial charge in [-0.15, -0.1) is 0 Å². The number of anilines is 1. The van der Waals surface area contributed by atoms with E-state index >= 15 is 0 Å². The molecular formula is C12H18N4OS. The van der Waals surface area contributed by atoms with E-state index in [1.165, 1.54) is 0 Å². The Morgan fingerprint density at radius 2 is 2.17 bits per heavy atom. The van der Waals surface area contributed by atoms with Crippen LogP contribution in [0.25, 0.3) is 0 Å². The zero-order valence-corrected chi connectivity index (χ0v) is 11.5. The van der Waals surface area contributed by atoms with Crippen molar-refractivity contribution in [2.24, 2.45) is 5.73 Å². The van der Waals surface area contributed by atoms with Crippen molar-refractivity contribution < 1.29 is 4.79 Å². The summed E-state index contributed by atoms with van der Waals surface area (Å²) >= 11 is 4.88. The molecule has 3 N–H and O–H groups in total. The number of pyridine rings is 1. The third kappa shape index (κ3) is 3.96. The molecule has 1 aromatic rings. The van der Waals surface area contributed by atoms with E-state index in [-0.39, 0.29) is 12.5 Å². The third-order valence-corrected chi connectivity index (χ3v) is 2.82. The molecule has 1 heterocycles. The minimum absolute atomic E-state index is 0.0440. The topological polar surface area (TPSA) is 71.2 Å². The highest BCUT2D eigenvalue weighted by atomic mass is 32.1. The molecule has 0 bridgehead atoms. The second kappa shape index (κ2) is 6.90. The Hall–Kier alpha value is -1.69. The molecular weight excluding hydrogens is 248 g/mol. The Bertz CT molecular complexity index is 432. The first kappa shape index (κ1) is 14.4. The Balaban J connectivity index is 2.61. The molecule has 0 aliphatic carbocycles. The minimum atomic E-state index is 0.0440. The molecule has 0 atom stereocenters. The highest BCUT2D eigenvalue weighted by Crippen LogP contribution is 2.06. The van der Waals surface area contributed by atoms with Crippen LogP contribution in [0.3, 0.4) is 0 Å². The van der Waals surface area contributed by atoms with E-state index in [0.29, 0.717) is 23.9 Å². The average molecular weight is 266 g/mol. The molecule has 0 aromatic carbocycles. The van der Waals surface area contributed by atoms with Crippen LogP contribution in [-0.2, 0) is 4.79 Å². The number of nitrogens with two attached hydrogens (primary N) is 1. The number of nitrogens with zero attached hydrogens (tertiary/aromatic N) is 2. The van der Waals surface area contributed by atoms with Crippen LogP contribution in [0, 0.1) is 0 Å². The van der Waals surface area contributed by atoms with Gasteiger partial charge in [0, 0.05) is 24.8 Å². The fourth-order valence-corrected chi connectivity index (χ4v) is 1.66. The maximum absolute atomic E-state index is 11.8. The molecule has 0 aliphatic heterocycles. The zero-order valence-electron chi connectivity index (χ0n) is 10.6. The van der Waals surface area contributed by atoms with Gasteiger partial charge in [-0.05, 0) is 26.0 Å². The summed E-state index contributed by atoms with van der Waals surface area (Å²) in [4.78, 5) is 18.0. The summed E-state index contributed by atoms with van der Waals surface area (Å²) in [6.45, 7) is 5.53. The fraction of sp³-hybridized carbons (Fsp3) is 0.417. The first-order valence-corrected chi connectivity index (χ1v) is 6.26. The molecule has 1 rings (SSSR count). The number of amides is 1. The molecule has 0 unspecified atom stereocenters. The molecule has 0 radical (unpaired) electrons. The van der Waals surface area contributed by atoms with E-state index in [9.17, 15) is 4.79 Å². The van der Waals surface area contributed by atoms with Gasteiger partial charge in [0.25, 0.3) is 0 Å². The number of aromatic nitrogens is 1. The van der Waals surface area contributed by atoms with Crippen LogP contribution in [0.4, 0.5) is 5.82 Å². The predicted molar refractivity (Wildman–Crippen MR) is 76.5 cm³/mol. The minimum Gasteiger partial charge on any atom is -0.389 e. The van der Waals surface area contributed by atoms with Gasteiger partial charge in [-0.1, -0.05) is 12.2 Å². The summed E-state index contributed by atoms with van der Waals surface area (Å²) in [6.07, 6.45) is 1.61. The van der Waals surface area contributed by atoms with Crippen molar-refractivity contribution in [2.45, 2.75) is 13.8 Å². The Labute approximate surface area is 112 Å². The second-order valence-corrected chi connectivity index (χ2v) is 4.15. The first-order chi connectivity index (χ1) is 8.58. The number of rotatable bonds is 6. The van der Waals surface area contributed by atoms with E-state index in [0.717, 1.165) is 5.56 Å². The lowest BCUT2D eigenvalue weighted by Crippen LogP contribution is -2.35. The first-order valence-electron chi connectivity index (χ1n) is 5.86. The van der Waals surface area contributed by atoms with Crippen LogP contribution in [-0.4, -0.2) is 40.4 Å². The molecule has 0 fully saturated rings. The number of carbonyl (C=O) groups is 1. The summed E-state index contributed by atoms with van der Waals surface area (Å²) in [5.74, 6) is 0.642. The summed E-state index contributed by atoms with van der Waals surface area (Å²) in [7, 11) is 0. The average Bonchev–Trinajstić information content (AvgIpc) is 2.38. The number of likely N-dealkylation sites (N-methyl/N-ethyl adjacent to an activating group) is 1. The highest BCUT2D eigenvalue weighted by molar-refractivity contribution is 7.80. The normalized spacial score (nSPS) is 9.89. The number of hydrogen-bond donors (Lipinski definition) is 2. The van der Waals surface area contributed by atoms with Crippen LogP contribution < -0.4 is 11.1 Å². The quantitative estimate of drug-likeness (QED) is 0.752. The maximum atomic E-state index is 11.8. The molecule has 0 saturated carbocycles. The standard InChI is InChI=1S/C12H18N4OS/c1-3-16(4-2)11(17)8-15-10-7-9(12(13)18)5-6-14-10/h5-7H,3-4,8H2,1-2H3,(H2,13,18)(H,14,15). The lowest BCUT2D eigenvalue weighted by Gasteiger charge is -2.18. The summed E-state index contributed by atoms with van der Waals surface area (Å²) in [6, 6.07) is 3.47. The lowest BCUT2D eigenvalue weighted by molar-refractivity contribution is -0.128. The van der Waals surface area contributed by atoms with Crippen LogP contribution in [0.5, 0.6) is 0 Å². The Kier molecular flexibility index (Phi) is 5.51. The lowest BCUT2D eigenvalue weighted by atomic mass is 10.2. The van der Waals surface area contributed by atoms with Crippen LogP contribution in [0.15, 0.2) is 18.3 Å². The molecule has 1 amide bonds. The van der Waals surface area contributed by atoms with E-state index in [1.807, 2.05) is 13.8 Å². The van der Waals surface area contributed by atoms with Crippen molar-refractivity contribution in [1.82, 2.24) is 9.88 Å². The van der Waals surface area contributed by atoms with E-state index < -0.39 is 0 Å². The van der Waals surface area contributed by atoms with Crippen molar-refractivity contribution in [2.75, 3.05) is 25.0 Å². The summed E-state index contributed by atoms with van der Waals surface area (Å²) in [5.41, 5.74) is 6.26. The maximum Gasteiger partial charge on any atom is 0.241 e. The Morgan fingerprint density at radius 3 is 2.72 bits per heavy atom. The molecule has 0 spiro atoms. The van der Waals surface area contributed by atoms with Crippen molar-refractivity contribution in [3.05, 3.63) is 23.9 Å². The van der Waals surface area contributed by atoms with Gasteiger partial charge >= 0.3 is 0 Å². The molecule has 0 saturated heterocycles. The molecule has 98 valence electrons. The van der Waals surface area contributed by atoms with Crippen molar-refractivity contribution in [1.29, 1.82) is 0 Å². The van der Waals surface area contributed by atoms with Crippen LogP contribution >= 0.6 is 12.2 Å². The van der Waals surface area contributed by atoms with Crippen molar-refractivity contribution in [3.63, 3.8) is 0 Å². The number of hydrogen-bond acceptors (Lipinski definition) is 4. The zero-order chi connectivity index (χ0) is 13.5. The van der Waals surface area contributed by atoms with E-state index in [2.05, 4.69) is 10.3 Å². The second-order valence-electron chi connectivity index (χ2n) is 3.71. The summed E-state index contributed by atoms with van der Waals surface area (Å²) in [5, 5.41) is 2.97. The van der Waals surface area contributed by atoms with Crippen molar-refractivity contribution in [3.8, 4) is 0 Å². The monoisotopic (exact) mass is 266 g/mol. The number of nitrogens with one attached hydrogen (secondary N) is 1. The summed E-state index contributed by atoms with van der Waals surface area (Å²) < 4.78 is 0. The van der Waals surface area contributed by atoms with Gasteiger partial charge in [-0.25, -0.2) is 4.98 Å². The fourth-order valence-electron chi connectivity index (χ4n) is 1.53. The number of carbonyl (C=O) groups excluding carboxylic acids is 1. The van der Waals surface area contributed by atoms with Crippen LogP contribution in [0.1, 0.15) is 19.4 Å². The molecule has 18 heavy (non-hydrogen) atoms. The van der Waals surface area contributed by atoms with Gasteiger partial charge in [-0.2, -0.15) is 0 Å². The van der Waals surface area contributed by atoms with Gasteiger partial charge in [0.05, 0.1) is 6.54 Å². The van der Waals surface area contributed by atoms with Gasteiger partial charge in [0.2, 0.25) is 5.91 Å². The largest absolute Gasteiger partial charge is 0.389 e. The SMILES string of the molecule is CCN(CC)C(=O)CNc1cc(C(N)=S)ccn1.